The van der Waals surface area contributed by atoms with Crippen molar-refractivity contribution in [3.8, 4) is 0 Å². The largest absolute Gasteiger partial charge is 0.366 e. The molecule has 0 aliphatic carbocycles. The number of aromatic nitrogens is 1. The highest BCUT2D eigenvalue weighted by atomic mass is 16.1. The van der Waals surface area contributed by atoms with Crippen molar-refractivity contribution in [2.24, 2.45) is 0 Å². The van der Waals surface area contributed by atoms with E-state index in [0.717, 1.165) is 11.4 Å². The van der Waals surface area contributed by atoms with Crippen LogP contribution in [0.4, 0.5) is 17.1 Å². The number of anilines is 3. The van der Waals surface area contributed by atoms with Gasteiger partial charge in [-0.3, -0.25) is 4.79 Å². The Balaban J connectivity index is 1.88. The highest BCUT2D eigenvalue weighted by Crippen LogP contribution is 2.34. The molecule has 2 N–H and O–H groups in total. The summed E-state index contributed by atoms with van der Waals surface area (Å²) in [5.74, 6) is 0. The molecule has 1 aliphatic heterocycles. The molecule has 0 radical (unpaired) electrons. The van der Waals surface area contributed by atoms with Gasteiger partial charge in [-0.15, -0.1) is 0 Å². The molecule has 0 amide bonds. The lowest BCUT2D eigenvalue weighted by molar-refractivity contribution is 1.08. The number of H-pyrrole nitrogens is 1. The van der Waals surface area contributed by atoms with Crippen LogP contribution in [0.2, 0.25) is 0 Å². The molecule has 4 heteroatoms. The number of hydrogen-bond donors (Lipinski definition) is 2. The summed E-state index contributed by atoms with van der Waals surface area (Å²) in [4.78, 5) is 16.8. The molecule has 4 rings (SSSR count). The lowest BCUT2D eigenvalue weighted by atomic mass is 10.1. The van der Waals surface area contributed by atoms with E-state index in [2.05, 4.69) is 34.6 Å². The van der Waals surface area contributed by atoms with Gasteiger partial charge in [0, 0.05) is 11.9 Å². The summed E-state index contributed by atoms with van der Waals surface area (Å²) in [7, 11) is 0. The molecular weight excluding hydrogens is 250 g/mol. The Labute approximate surface area is 115 Å². The minimum absolute atomic E-state index is 0.0688. The third-order valence-electron chi connectivity index (χ3n) is 3.68. The molecule has 98 valence electrons. The third-order valence-corrected chi connectivity index (χ3v) is 3.68. The standard InChI is InChI=1S/C16H13N3O/c20-16-15-14(7-8-17-16)18-10-19(15)13-6-5-11-3-1-2-4-12(11)9-13/h1-9,18H,10H2,(H,17,20). The number of rotatable bonds is 1. The summed E-state index contributed by atoms with van der Waals surface area (Å²) in [6, 6.07) is 16.3. The summed E-state index contributed by atoms with van der Waals surface area (Å²) in [5.41, 5.74) is 2.51. The fraction of sp³-hybridized carbons (Fsp3) is 0.0625. The normalized spacial score (nSPS) is 13.3. The molecular formula is C16H13N3O. The quantitative estimate of drug-likeness (QED) is 0.709. The Morgan fingerprint density at radius 2 is 1.85 bits per heavy atom. The van der Waals surface area contributed by atoms with Crippen LogP contribution in [0.3, 0.4) is 0 Å². The number of nitrogens with zero attached hydrogens (tertiary/aromatic N) is 1. The second kappa shape index (κ2) is 4.13. The Morgan fingerprint density at radius 3 is 2.75 bits per heavy atom. The summed E-state index contributed by atoms with van der Waals surface area (Å²) >= 11 is 0. The van der Waals surface area contributed by atoms with Crippen LogP contribution >= 0.6 is 0 Å². The molecule has 1 aliphatic rings. The number of benzene rings is 2. The first-order valence-electron chi connectivity index (χ1n) is 6.55. The fourth-order valence-corrected chi connectivity index (χ4v) is 2.69. The van der Waals surface area contributed by atoms with E-state index in [1.165, 1.54) is 10.8 Å². The molecule has 3 aromatic rings. The van der Waals surface area contributed by atoms with E-state index in [0.29, 0.717) is 12.4 Å². The molecule has 2 aromatic carbocycles. The average molecular weight is 263 g/mol. The van der Waals surface area contributed by atoms with Gasteiger partial charge in [-0.25, -0.2) is 0 Å². The maximum atomic E-state index is 12.0. The molecule has 0 saturated carbocycles. The van der Waals surface area contributed by atoms with E-state index >= 15 is 0 Å². The summed E-state index contributed by atoms with van der Waals surface area (Å²) in [5, 5.41) is 5.62. The molecule has 4 nitrogen and oxygen atoms in total. The molecule has 20 heavy (non-hydrogen) atoms. The topological polar surface area (TPSA) is 48.1 Å². The van der Waals surface area contributed by atoms with Crippen molar-refractivity contribution >= 4 is 27.8 Å². The molecule has 0 bridgehead atoms. The minimum atomic E-state index is -0.0688. The predicted octanol–water partition coefficient (Wildman–Crippen LogP) is 3.05. The smallest absolute Gasteiger partial charge is 0.274 e. The maximum Gasteiger partial charge on any atom is 0.274 e. The van der Waals surface area contributed by atoms with Crippen molar-refractivity contribution in [1.29, 1.82) is 0 Å². The zero-order chi connectivity index (χ0) is 13.5. The number of pyridine rings is 1. The Morgan fingerprint density at radius 1 is 1.00 bits per heavy atom. The average Bonchev–Trinajstić information content (AvgIpc) is 2.92. The SMILES string of the molecule is O=c1[nH]ccc2c1N(c1ccc3ccccc3c1)CN2. The van der Waals surface area contributed by atoms with Crippen LogP contribution < -0.4 is 15.8 Å². The summed E-state index contributed by atoms with van der Waals surface area (Å²) in [6.07, 6.45) is 1.66. The first kappa shape index (κ1) is 11.1. The first-order valence-corrected chi connectivity index (χ1v) is 6.55. The number of aromatic amines is 1. The van der Waals surface area contributed by atoms with Gasteiger partial charge in [-0.05, 0) is 29.0 Å². The van der Waals surface area contributed by atoms with Crippen molar-refractivity contribution in [3.05, 3.63) is 65.1 Å². The monoisotopic (exact) mass is 263 g/mol. The minimum Gasteiger partial charge on any atom is -0.366 e. The summed E-state index contributed by atoms with van der Waals surface area (Å²) in [6.45, 7) is 0.612. The van der Waals surface area contributed by atoms with Crippen LogP contribution in [0, 0.1) is 0 Å². The van der Waals surface area contributed by atoms with E-state index < -0.39 is 0 Å². The molecule has 2 heterocycles. The first-order chi connectivity index (χ1) is 9.83. The molecule has 0 atom stereocenters. The highest BCUT2D eigenvalue weighted by Gasteiger charge is 2.22. The lowest BCUT2D eigenvalue weighted by Gasteiger charge is -2.17. The van der Waals surface area contributed by atoms with E-state index in [1.54, 1.807) is 6.20 Å². The third kappa shape index (κ3) is 1.58. The fourth-order valence-electron chi connectivity index (χ4n) is 2.69. The van der Waals surface area contributed by atoms with Gasteiger partial charge < -0.3 is 15.2 Å². The number of hydrogen-bond acceptors (Lipinski definition) is 3. The van der Waals surface area contributed by atoms with Crippen molar-refractivity contribution in [3.63, 3.8) is 0 Å². The molecule has 0 fully saturated rings. The van der Waals surface area contributed by atoms with Gasteiger partial charge in [0.05, 0.1) is 12.4 Å². The van der Waals surface area contributed by atoms with Gasteiger partial charge in [-0.2, -0.15) is 0 Å². The predicted molar refractivity (Wildman–Crippen MR) is 81.6 cm³/mol. The Hall–Kier alpha value is -2.75. The van der Waals surface area contributed by atoms with Crippen LogP contribution in [0.15, 0.2) is 59.5 Å². The molecule has 0 saturated heterocycles. The van der Waals surface area contributed by atoms with E-state index in [-0.39, 0.29) is 5.56 Å². The number of fused-ring (bicyclic) bond motifs is 2. The van der Waals surface area contributed by atoms with Crippen LogP contribution in [-0.2, 0) is 0 Å². The second-order valence-electron chi connectivity index (χ2n) is 4.86. The van der Waals surface area contributed by atoms with Crippen molar-refractivity contribution in [2.45, 2.75) is 0 Å². The Kier molecular flexibility index (Phi) is 2.29. The van der Waals surface area contributed by atoms with Gasteiger partial charge in [0.25, 0.3) is 5.56 Å². The van der Waals surface area contributed by atoms with Gasteiger partial charge in [-0.1, -0.05) is 30.3 Å². The van der Waals surface area contributed by atoms with Crippen LogP contribution in [0.25, 0.3) is 10.8 Å². The van der Waals surface area contributed by atoms with E-state index in [1.807, 2.05) is 29.2 Å². The molecule has 1 aromatic heterocycles. The van der Waals surface area contributed by atoms with Crippen molar-refractivity contribution in [1.82, 2.24) is 4.98 Å². The second-order valence-corrected chi connectivity index (χ2v) is 4.86. The molecule has 0 spiro atoms. The lowest BCUT2D eigenvalue weighted by Crippen LogP contribution is -2.21. The van der Waals surface area contributed by atoms with Crippen LogP contribution in [0.1, 0.15) is 0 Å². The summed E-state index contributed by atoms with van der Waals surface area (Å²) < 4.78 is 0. The molecule has 0 unspecified atom stereocenters. The van der Waals surface area contributed by atoms with Crippen molar-refractivity contribution < 1.29 is 0 Å². The van der Waals surface area contributed by atoms with Gasteiger partial charge in [0.2, 0.25) is 0 Å². The zero-order valence-corrected chi connectivity index (χ0v) is 10.8. The van der Waals surface area contributed by atoms with E-state index in [9.17, 15) is 4.79 Å². The van der Waals surface area contributed by atoms with Crippen LogP contribution in [-0.4, -0.2) is 11.7 Å². The maximum absolute atomic E-state index is 12.0. The van der Waals surface area contributed by atoms with Gasteiger partial charge >= 0.3 is 0 Å². The number of nitrogens with one attached hydrogen (secondary N) is 2. The van der Waals surface area contributed by atoms with Crippen LogP contribution in [0.5, 0.6) is 0 Å². The van der Waals surface area contributed by atoms with Gasteiger partial charge in [0.1, 0.15) is 5.69 Å². The highest BCUT2D eigenvalue weighted by molar-refractivity contribution is 5.89. The zero-order valence-electron chi connectivity index (χ0n) is 10.8. The van der Waals surface area contributed by atoms with E-state index in [4.69, 9.17) is 0 Å². The van der Waals surface area contributed by atoms with Gasteiger partial charge in [0.15, 0.2) is 0 Å². The van der Waals surface area contributed by atoms with Crippen molar-refractivity contribution in [2.75, 3.05) is 16.9 Å². The Bertz CT molecular complexity index is 853.